The minimum atomic E-state index is -0.561. The van der Waals surface area contributed by atoms with E-state index in [4.69, 9.17) is 16.3 Å². The predicted octanol–water partition coefficient (Wildman–Crippen LogP) is 3.64. The molecule has 5 nitrogen and oxygen atoms in total. The Hall–Kier alpha value is -2.44. The summed E-state index contributed by atoms with van der Waals surface area (Å²) < 4.78 is 18.7. The number of hydrogen-bond donors (Lipinski definition) is 2. The molecule has 0 bridgehead atoms. The number of carbonyl (C=O) groups excluding carboxylic acids is 2. The van der Waals surface area contributed by atoms with Gasteiger partial charge in [0.2, 0.25) is 0 Å². The van der Waals surface area contributed by atoms with Gasteiger partial charge in [-0.2, -0.15) is 0 Å². The zero-order valence-corrected chi connectivity index (χ0v) is 14.7. The largest absolute Gasteiger partial charge is 0.376 e. The third-order valence-corrected chi connectivity index (χ3v) is 4.37. The monoisotopic (exact) mass is 376 g/mol. The summed E-state index contributed by atoms with van der Waals surface area (Å²) in [5, 5.41) is 5.36. The van der Waals surface area contributed by atoms with E-state index in [1.165, 1.54) is 24.3 Å². The van der Waals surface area contributed by atoms with E-state index in [0.717, 1.165) is 19.4 Å². The molecule has 2 N–H and O–H groups in total. The lowest BCUT2D eigenvalue weighted by Crippen LogP contribution is -2.31. The molecule has 0 saturated carbocycles. The number of benzene rings is 2. The molecule has 0 aliphatic carbocycles. The summed E-state index contributed by atoms with van der Waals surface area (Å²) in [7, 11) is 0. The number of carbonyl (C=O) groups is 2. The fraction of sp³-hybridized carbons (Fsp3) is 0.263. The van der Waals surface area contributed by atoms with Gasteiger partial charge in [-0.25, -0.2) is 4.39 Å². The highest BCUT2D eigenvalue weighted by molar-refractivity contribution is 6.31. The van der Waals surface area contributed by atoms with Crippen molar-refractivity contribution in [1.29, 1.82) is 0 Å². The van der Waals surface area contributed by atoms with Gasteiger partial charge in [0, 0.05) is 30.0 Å². The molecule has 2 aromatic rings. The third-order valence-electron chi connectivity index (χ3n) is 4.08. The number of halogens is 2. The van der Waals surface area contributed by atoms with E-state index in [0.29, 0.717) is 23.4 Å². The molecule has 26 heavy (non-hydrogen) atoms. The molecule has 136 valence electrons. The molecule has 1 fully saturated rings. The van der Waals surface area contributed by atoms with E-state index in [1.807, 2.05) is 0 Å². The van der Waals surface area contributed by atoms with Crippen LogP contribution in [-0.4, -0.2) is 31.1 Å². The Bertz CT molecular complexity index is 822. The average Bonchev–Trinajstić information content (AvgIpc) is 3.16. The van der Waals surface area contributed by atoms with Gasteiger partial charge in [0.15, 0.2) is 0 Å². The minimum Gasteiger partial charge on any atom is -0.376 e. The number of rotatable bonds is 5. The van der Waals surface area contributed by atoms with Crippen LogP contribution in [0.5, 0.6) is 0 Å². The van der Waals surface area contributed by atoms with Gasteiger partial charge in [-0.3, -0.25) is 9.59 Å². The first-order valence-electron chi connectivity index (χ1n) is 8.29. The van der Waals surface area contributed by atoms with Crippen molar-refractivity contribution in [3.05, 3.63) is 64.4 Å². The van der Waals surface area contributed by atoms with E-state index in [2.05, 4.69) is 10.6 Å². The SMILES string of the molecule is O=C(NCC1CCCO1)c1cccc(C(=O)Nc2ccc(F)c(Cl)c2)c1. The van der Waals surface area contributed by atoms with Gasteiger partial charge in [-0.15, -0.1) is 0 Å². The molecule has 2 amide bonds. The molecule has 1 atom stereocenters. The summed E-state index contributed by atoms with van der Waals surface area (Å²) in [6.45, 7) is 1.17. The topological polar surface area (TPSA) is 67.4 Å². The smallest absolute Gasteiger partial charge is 0.255 e. The van der Waals surface area contributed by atoms with Crippen LogP contribution in [0.1, 0.15) is 33.6 Å². The first-order chi connectivity index (χ1) is 12.5. The fourth-order valence-electron chi connectivity index (χ4n) is 2.69. The Balaban J connectivity index is 1.64. The van der Waals surface area contributed by atoms with Crippen LogP contribution in [0.15, 0.2) is 42.5 Å². The van der Waals surface area contributed by atoms with Crippen LogP contribution < -0.4 is 10.6 Å². The standard InChI is InChI=1S/C19H18ClFN2O3/c20-16-10-14(6-7-17(16)21)23-19(25)13-4-1-3-12(9-13)18(24)22-11-15-5-2-8-26-15/h1,3-4,6-7,9-10,15H,2,5,8,11H2,(H,22,24)(H,23,25). The molecule has 0 radical (unpaired) electrons. The van der Waals surface area contributed by atoms with Crippen LogP contribution in [0.4, 0.5) is 10.1 Å². The number of nitrogens with one attached hydrogen (secondary N) is 2. The lowest BCUT2D eigenvalue weighted by atomic mass is 10.1. The average molecular weight is 377 g/mol. The molecule has 0 aromatic heterocycles. The van der Waals surface area contributed by atoms with E-state index in [1.54, 1.807) is 18.2 Å². The zero-order chi connectivity index (χ0) is 18.5. The Labute approximate surface area is 155 Å². The van der Waals surface area contributed by atoms with Crippen LogP contribution in [0, 0.1) is 5.82 Å². The summed E-state index contributed by atoms with van der Waals surface area (Å²) in [4.78, 5) is 24.6. The lowest BCUT2D eigenvalue weighted by Gasteiger charge is -2.11. The second-order valence-corrected chi connectivity index (χ2v) is 6.42. The minimum absolute atomic E-state index is 0.0497. The zero-order valence-electron chi connectivity index (χ0n) is 13.9. The molecular formula is C19H18ClFN2O3. The van der Waals surface area contributed by atoms with Gasteiger partial charge in [0.25, 0.3) is 11.8 Å². The molecule has 1 aliphatic heterocycles. The third kappa shape index (κ3) is 4.59. The van der Waals surface area contributed by atoms with E-state index >= 15 is 0 Å². The van der Waals surface area contributed by atoms with Crippen LogP contribution in [0.3, 0.4) is 0 Å². The van der Waals surface area contributed by atoms with Gasteiger partial charge in [-0.1, -0.05) is 17.7 Å². The molecule has 7 heteroatoms. The predicted molar refractivity (Wildman–Crippen MR) is 97.1 cm³/mol. The van der Waals surface area contributed by atoms with E-state index in [-0.39, 0.29) is 17.0 Å². The van der Waals surface area contributed by atoms with Crippen molar-refractivity contribution in [2.24, 2.45) is 0 Å². The number of ether oxygens (including phenoxy) is 1. The molecule has 2 aromatic carbocycles. The maximum absolute atomic E-state index is 13.2. The molecule has 1 aliphatic rings. The normalized spacial score (nSPS) is 16.3. The fourth-order valence-corrected chi connectivity index (χ4v) is 2.87. The number of hydrogen-bond acceptors (Lipinski definition) is 3. The van der Waals surface area contributed by atoms with Gasteiger partial charge < -0.3 is 15.4 Å². The second kappa shape index (κ2) is 8.29. The highest BCUT2D eigenvalue weighted by Gasteiger charge is 2.17. The molecule has 3 rings (SSSR count). The highest BCUT2D eigenvalue weighted by atomic mass is 35.5. The summed E-state index contributed by atoms with van der Waals surface area (Å²) in [6, 6.07) is 10.3. The summed E-state index contributed by atoms with van der Waals surface area (Å²) in [5.74, 6) is -1.24. The number of amides is 2. The van der Waals surface area contributed by atoms with Gasteiger partial charge in [-0.05, 0) is 49.2 Å². The van der Waals surface area contributed by atoms with Crippen LogP contribution in [0.25, 0.3) is 0 Å². The van der Waals surface area contributed by atoms with Crippen molar-refractivity contribution in [2.75, 3.05) is 18.5 Å². The molecule has 1 unspecified atom stereocenters. The lowest BCUT2D eigenvalue weighted by molar-refractivity contribution is 0.0858. The van der Waals surface area contributed by atoms with Crippen molar-refractivity contribution in [3.8, 4) is 0 Å². The maximum Gasteiger partial charge on any atom is 0.255 e. The Morgan fingerprint density at radius 1 is 1.15 bits per heavy atom. The van der Waals surface area contributed by atoms with Gasteiger partial charge in [0.05, 0.1) is 11.1 Å². The summed E-state index contributed by atoms with van der Waals surface area (Å²) in [6.07, 6.45) is 1.99. The summed E-state index contributed by atoms with van der Waals surface area (Å²) >= 11 is 5.71. The first-order valence-corrected chi connectivity index (χ1v) is 8.67. The Kier molecular flexibility index (Phi) is 5.85. The first kappa shape index (κ1) is 18.4. The van der Waals surface area contributed by atoms with Gasteiger partial charge >= 0.3 is 0 Å². The van der Waals surface area contributed by atoms with E-state index in [9.17, 15) is 14.0 Å². The summed E-state index contributed by atoms with van der Waals surface area (Å²) in [5.41, 5.74) is 1.07. The second-order valence-electron chi connectivity index (χ2n) is 6.01. The van der Waals surface area contributed by atoms with Crippen molar-refractivity contribution in [2.45, 2.75) is 18.9 Å². The van der Waals surface area contributed by atoms with Gasteiger partial charge in [0.1, 0.15) is 5.82 Å². The van der Waals surface area contributed by atoms with Crippen molar-refractivity contribution >= 4 is 29.1 Å². The van der Waals surface area contributed by atoms with Crippen LogP contribution >= 0.6 is 11.6 Å². The Morgan fingerprint density at radius 2 is 1.92 bits per heavy atom. The highest BCUT2D eigenvalue weighted by Crippen LogP contribution is 2.20. The number of anilines is 1. The van der Waals surface area contributed by atoms with Crippen LogP contribution in [-0.2, 0) is 4.74 Å². The molecular weight excluding hydrogens is 359 g/mol. The van der Waals surface area contributed by atoms with Crippen LogP contribution in [0.2, 0.25) is 5.02 Å². The quantitative estimate of drug-likeness (QED) is 0.837. The van der Waals surface area contributed by atoms with E-state index < -0.39 is 11.7 Å². The maximum atomic E-state index is 13.2. The molecule has 0 spiro atoms. The van der Waals surface area contributed by atoms with Crippen molar-refractivity contribution in [1.82, 2.24) is 5.32 Å². The van der Waals surface area contributed by atoms with Crippen molar-refractivity contribution < 1.29 is 18.7 Å². The molecule has 1 saturated heterocycles. The van der Waals surface area contributed by atoms with Crippen molar-refractivity contribution in [3.63, 3.8) is 0 Å². The molecule has 1 heterocycles. The Morgan fingerprint density at radius 3 is 2.62 bits per heavy atom.